The summed E-state index contributed by atoms with van der Waals surface area (Å²) in [5, 5.41) is 0. The number of fused-ring (bicyclic) bond motifs is 1. The van der Waals surface area contributed by atoms with Crippen molar-refractivity contribution in [3.63, 3.8) is 0 Å². The standard InChI is InChI=1S/C9H8FIO/c1-9(11)5-6-2-3-7(10)4-8(6)12-9/h2-4H,5H2,1H3. The molecular weight excluding hydrogens is 270 g/mol. The SMILES string of the molecule is CC1(I)Cc2ccc(F)cc2O1. The zero-order valence-electron chi connectivity index (χ0n) is 6.60. The number of benzene rings is 1. The molecule has 0 amide bonds. The van der Waals surface area contributed by atoms with Gasteiger partial charge < -0.3 is 4.74 Å². The summed E-state index contributed by atoms with van der Waals surface area (Å²) < 4.78 is 18.1. The summed E-state index contributed by atoms with van der Waals surface area (Å²) in [4.78, 5) is 0. The van der Waals surface area contributed by atoms with E-state index in [1.165, 1.54) is 12.1 Å². The van der Waals surface area contributed by atoms with Gasteiger partial charge in [-0.25, -0.2) is 4.39 Å². The number of hydrogen-bond donors (Lipinski definition) is 0. The van der Waals surface area contributed by atoms with Crippen molar-refractivity contribution in [3.8, 4) is 5.75 Å². The molecule has 0 spiro atoms. The lowest BCUT2D eigenvalue weighted by molar-refractivity contribution is 0.236. The highest BCUT2D eigenvalue weighted by Crippen LogP contribution is 2.38. The van der Waals surface area contributed by atoms with Crippen molar-refractivity contribution in [1.82, 2.24) is 0 Å². The molecule has 0 saturated heterocycles. The van der Waals surface area contributed by atoms with Crippen LogP contribution >= 0.6 is 22.6 Å². The third-order valence-corrected chi connectivity index (χ3v) is 2.46. The summed E-state index contributed by atoms with van der Waals surface area (Å²) >= 11 is 2.23. The van der Waals surface area contributed by atoms with Crippen molar-refractivity contribution in [2.45, 2.75) is 17.0 Å². The fraction of sp³-hybridized carbons (Fsp3) is 0.333. The molecule has 1 heterocycles. The second-order valence-electron chi connectivity index (χ2n) is 3.13. The van der Waals surface area contributed by atoms with Gasteiger partial charge in [-0.2, -0.15) is 0 Å². The second kappa shape index (κ2) is 2.58. The van der Waals surface area contributed by atoms with E-state index in [2.05, 4.69) is 22.6 Å². The summed E-state index contributed by atoms with van der Waals surface area (Å²) in [6, 6.07) is 4.70. The zero-order chi connectivity index (χ0) is 8.77. The molecular formula is C9H8FIO. The van der Waals surface area contributed by atoms with E-state index >= 15 is 0 Å². The summed E-state index contributed by atoms with van der Waals surface area (Å²) in [7, 11) is 0. The number of hydrogen-bond acceptors (Lipinski definition) is 1. The lowest BCUT2D eigenvalue weighted by atomic mass is 10.1. The van der Waals surface area contributed by atoms with E-state index in [0.717, 1.165) is 12.0 Å². The number of alkyl halides is 1. The van der Waals surface area contributed by atoms with E-state index in [4.69, 9.17) is 4.74 Å². The van der Waals surface area contributed by atoms with E-state index in [-0.39, 0.29) is 9.43 Å². The minimum atomic E-state index is -0.233. The van der Waals surface area contributed by atoms with Gasteiger partial charge in [-0.1, -0.05) is 6.07 Å². The fourth-order valence-electron chi connectivity index (χ4n) is 1.37. The molecule has 1 atom stereocenters. The molecule has 0 radical (unpaired) electrons. The summed E-state index contributed by atoms with van der Waals surface area (Å²) in [6.07, 6.45) is 0.850. The van der Waals surface area contributed by atoms with Gasteiger partial charge >= 0.3 is 0 Å². The Hall–Kier alpha value is -0.320. The van der Waals surface area contributed by atoms with E-state index in [1.54, 1.807) is 6.07 Å². The summed E-state index contributed by atoms with van der Waals surface area (Å²) in [5.74, 6) is 0.453. The van der Waals surface area contributed by atoms with Gasteiger partial charge in [0.15, 0.2) is 3.61 Å². The minimum absolute atomic E-state index is 0.201. The van der Waals surface area contributed by atoms with Gasteiger partial charge in [0.25, 0.3) is 0 Å². The van der Waals surface area contributed by atoms with Crippen molar-refractivity contribution in [2.24, 2.45) is 0 Å². The van der Waals surface area contributed by atoms with Gasteiger partial charge in [0, 0.05) is 12.5 Å². The normalized spacial score (nSPS) is 26.6. The lowest BCUT2D eigenvalue weighted by Gasteiger charge is -2.14. The first-order valence-corrected chi connectivity index (χ1v) is 4.81. The Morgan fingerprint density at radius 3 is 3.08 bits per heavy atom. The monoisotopic (exact) mass is 278 g/mol. The average molecular weight is 278 g/mol. The Bertz CT molecular complexity index is 322. The Labute approximate surface area is 84.1 Å². The van der Waals surface area contributed by atoms with E-state index in [9.17, 15) is 4.39 Å². The molecule has 3 heteroatoms. The Morgan fingerprint density at radius 1 is 1.58 bits per heavy atom. The molecule has 0 saturated carbocycles. The quantitative estimate of drug-likeness (QED) is 0.523. The van der Waals surface area contributed by atoms with Crippen LogP contribution < -0.4 is 4.74 Å². The molecule has 2 rings (SSSR count). The van der Waals surface area contributed by atoms with E-state index in [1.807, 2.05) is 6.92 Å². The third-order valence-electron chi connectivity index (χ3n) is 1.86. The van der Waals surface area contributed by atoms with Gasteiger partial charge in [0.05, 0.1) is 0 Å². The first-order valence-electron chi connectivity index (χ1n) is 3.73. The van der Waals surface area contributed by atoms with Gasteiger partial charge in [-0.05, 0) is 41.1 Å². The largest absolute Gasteiger partial charge is 0.477 e. The maximum Gasteiger partial charge on any atom is 0.160 e. The van der Waals surface area contributed by atoms with Gasteiger partial charge in [-0.3, -0.25) is 0 Å². The molecule has 1 aliphatic heterocycles. The average Bonchev–Trinajstić information content (AvgIpc) is 2.21. The Morgan fingerprint density at radius 2 is 2.33 bits per heavy atom. The molecule has 1 aliphatic rings. The van der Waals surface area contributed by atoms with Crippen molar-refractivity contribution >= 4 is 22.6 Å². The second-order valence-corrected chi connectivity index (χ2v) is 5.41. The van der Waals surface area contributed by atoms with Gasteiger partial charge in [0.1, 0.15) is 11.6 Å². The third kappa shape index (κ3) is 1.42. The summed E-state index contributed by atoms with van der Waals surface area (Å²) in [5.41, 5.74) is 1.09. The molecule has 64 valence electrons. The molecule has 0 N–H and O–H groups in total. The van der Waals surface area contributed by atoms with Crippen molar-refractivity contribution in [2.75, 3.05) is 0 Å². The fourth-order valence-corrected chi connectivity index (χ4v) is 2.02. The zero-order valence-corrected chi connectivity index (χ0v) is 8.76. The molecule has 1 nitrogen and oxygen atoms in total. The van der Waals surface area contributed by atoms with Crippen LogP contribution in [-0.4, -0.2) is 3.61 Å². The van der Waals surface area contributed by atoms with Crippen LogP contribution in [0, 0.1) is 5.82 Å². The molecule has 1 aromatic carbocycles. The predicted octanol–water partition coefficient (Wildman–Crippen LogP) is 2.91. The number of ether oxygens (including phenoxy) is 1. The van der Waals surface area contributed by atoms with Crippen LogP contribution in [0.2, 0.25) is 0 Å². The molecule has 0 aliphatic carbocycles. The Balaban J connectivity index is 2.43. The molecule has 12 heavy (non-hydrogen) atoms. The minimum Gasteiger partial charge on any atom is -0.477 e. The van der Waals surface area contributed by atoms with Crippen LogP contribution in [0.25, 0.3) is 0 Å². The van der Waals surface area contributed by atoms with E-state index in [0.29, 0.717) is 5.75 Å². The number of halogens is 2. The van der Waals surface area contributed by atoms with Crippen LogP contribution in [0.5, 0.6) is 5.75 Å². The smallest absolute Gasteiger partial charge is 0.160 e. The highest BCUT2D eigenvalue weighted by Gasteiger charge is 2.31. The van der Waals surface area contributed by atoms with Crippen molar-refractivity contribution in [1.29, 1.82) is 0 Å². The molecule has 0 fully saturated rings. The summed E-state index contributed by atoms with van der Waals surface area (Å²) in [6.45, 7) is 1.99. The Kier molecular flexibility index (Phi) is 1.78. The van der Waals surface area contributed by atoms with Crippen LogP contribution in [0.15, 0.2) is 18.2 Å². The van der Waals surface area contributed by atoms with Crippen molar-refractivity contribution < 1.29 is 9.13 Å². The van der Waals surface area contributed by atoms with Crippen LogP contribution in [0.3, 0.4) is 0 Å². The van der Waals surface area contributed by atoms with E-state index < -0.39 is 0 Å². The first kappa shape index (κ1) is 8.29. The highest BCUT2D eigenvalue weighted by atomic mass is 127. The van der Waals surface area contributed by atoms with Gasteiger partial charge in [-0.15, -0.1) is 0 Å². The van der Waals surface area contributed by atoms with Gasteiger partial charge in [0.2, 0.25) is 0 Å². The van der Waals surface area contributed by atoms with Crippen LogP contribution in [-0.2, 0) is 6.42 Å². The van der Waals surface area contributed by atoms with Crippen LogP contribution in [0.4, 0.5) is 4.39 Å². The molecule has 1 aromatic rings. The maximum atomic E-state index is 12.7. The number of rotatable bonds is 0. The predicted molar refractivity (Wildman–Crippen MR) is 53.2 cm³/mol. The molecule has 0 aromatic heterocycles. The molecule has 0 bridgehead atoms. The first-order chi connectivity index (χ1) is 5.57. The maximum absolute atomic E-state index is 12.7. The highest BCUT2D eigenvalue weighted by molar-refractivity contribution is 14.1. The lowest BCUT2D eigenvalue weighted by Crippen LogP contribution is -2.20. The van der Waals surface area contributed by atoms with Crippen LogP contribution in [0.1, 0.15) is 12.5 Å². The topological polar surface area (TPSA) is 9.23 Å². The molecule has 1 unspecified atom stereocenters. The van der Waals surface area contributed by atoms with Crippen molar-refractivity contribution in [3.05, 3.63) is 29.6 Å².